The largest absolute Gasteiger partial charge is 0.392 e. The Morgan fingerprint density at radius 1 is 1.40 bits per heavy atom. The lowest BCUT2D eigenvalue weighted by Crippen LogP contribution is -2.22. The van der Waals surface area contributed by atoms with E-state index in [0.717, 1.165) is 12.0 Å². The highest BCUT2D eigenvalue weighted by Gasteiger charge is 2.18. The summed E-state index contributed by atoms with van der Waals surface area (Å²) in [6.45, 7) is 8.32. The second-order valence-corrected chi connectivity index (χ2v) is 3.93. The van der Waals surface area contributed by atoms with Gasteiger partial charge in [-0.2, -0.15) is 0 Å². The van der Waals surface area contributed by atoms with E-state index in [9.17, 15) is 0 Å². The molecule has 0 rings (SSSR count). The molecule has 0 unspecified atom stereocenters. The molecule has 0 aliphatic heterocycles. The lowest BCUT2D eigenvalue weighted by molar-refractivity contribution is 0.0953. The predicted octanol–water partition coefficient (Wildman–Crippen LogP) is 2.93. The molecule has 0 heterocycles. The molecule has 0 saturated carbocycles. The van der Waals surface area contributed by atoms with Gasteiger partial charge in [-0.05, 0) is 32.8 Å². The van der Waals surface area contributed by atoms with E-state index in [1.165, 1.54) is 5.57 Å². The fourth-order valence-electron chi connectivity index (χ4n) is 1.70. The summed E-state index contributed by atoms with van der Waals surface area (Å²) in [5.41, 5.74) is 2.25. The molecule has 88 valence electrons. The van der Waals surface area contributed by atoms with Crippen molar-refractivity contribution >= 4 is 0 Å². The van der Waals surface area contributed by atoms with Gasteiger partial charge in [0.05, 0.1) is 12.7 Å². The molecule has 0 fully saturated rings. The van der Waals surface area contributed by atoms with Crippen LogP contribution < -0.4 is 0 Å². The van der Waals surface area contributed by atoms with Crippen LogP contribution in [0.2, 0.25) is 0 Å². The normalized spacial score (nSPS) is 17.7. The van der Waals surface area contributed by atoms with Crippen LogP contribution in [0.4, 0.5) is 0 Å². The monoisotopic (exact) mass is 212 g/mol. The second kappa shape index (κ2) is 7.66. The van der Waals surface area contributed by atoms with Gasteiger partial charge in [-0.1, -0.05) is 24.6 Å². The van der Waals surface area contributed by atoms with E-state index >= 15 is 0 Å². The van der Waals surface area contributed by atoms with E-state index in [2.05, 4.69) is 26.0 Å². The molecule has 2 heteroatoms. The van der Waals surface area contributed by atoms with E-state index in [1.807, 2.05) is 13.8 Å². The Kier molecular flexibility index (Phi) is 7.35. The number of methoxy groups -OCH3 is 1. The van der Waals surface area contributed by atoms with Crippen LogP contribution in [0.1, 0.15) is 34.1 Å². The molecule has 0 aliphatic rings. The van der Waals surface area contributed by atoms with E-state index in [-0.39, 0.29) is 12.7 Å². The van der Waals surface area contributed by atoms with E-state index < -0.39 is 0 Å². The fraction of sp³-hybridized carbons (Fsp3) is 0.692. The Balaban J connectivity index is 4.76. The summed E-state index contributed by atoms with van der Waals surface area (Å²) >= 11 is 0. The molecule has 0 spiro atoms. The van der Waals surface area contributed by atoms with Gasteiger partial charge in [-0.3, -0.25) is 0 Å². The first-order valence-corrected chi connectivity index (χ1v) is 5.54. The van der Waals surface area contributed by atoms with Gasteiger partial charge >= 0.3 is 0 Å². The van der Waals surface area contributed by atoms with Crippen LogP contribution in [0, 0.1) is 5.92 Å². The van der Waals surface area contributed by atoms with Gasteiger partial charge in [0.1, 0.15) is 0 Å². The van der Waals surface area contributed by atoms with Crippen molar-refractivity contribution in [3.05, 3.63) is 23.3 Å². The van der Waals surface area contributed by atoms with E-state index in [0.29, 0.717) is 5.92 Å². The van der Waals surface area contributed by atoms with Crippen LogP contribution in [0.5, 0.6) is 0 Å². The smallest absolute Gasteiger partial charge is 0.0840 e. The topological polar surface area (TPSA) is 29.5 Å². The van der Waals surface area contributed by atoms with Crippen molar-refractivity contribution in [2.75, 3.05) is 13.7 Å². The lowest BCUT2D eigenvalue weighted by atomic mass is 9.92. The molecule has 0 radical (unpaired) electrons. The summed E-state index contributed by atoms with van der Waals surface area (Å²) in [6, 6.07) is 0. The Hall–Kier alpha value is -0.600. The van der Waals surface area contributed by atoms with Crippen LogP contribution in [-0.2, 0) is 4.74 Å². The number of rotatable bonds is 6. The van der Waals surface area contributed by atoms with Crippen LogP contribution in [-0.4, -0.2) is 24.9 Å². The van der Waals surface area contributed by atoms with Gasteiger partial charge in [0.2, 0.25) is 0 Å². The number of aliphatic hydroxyl groups is 1. The van der Waals surface area contributed by atoms with Crippen LogP contribution in [0.25, 0.3) is 0 Å². The number of aliphatic hydroxyl groups excluding tert-OH is 1. The van der Waals surface area contributed by atoms with Crippen molar-refractivity contribution in [1.82, 2.24) is 0 Å². The second-order valence-electron chi connectivity index (χ2n) is 3.93. The van der Waals surface area contributed by atoms with Crippen molar-refractivity contribution in [3.63, 3.8) is 0 Å². The summed E-state index contributed by atoms with van der Waals surface area (Å²) < 4.78 is 5.51. The Bertz CT molecular complexity index is 229. The molecule has 0 aromatic heterocycles. The molecule has 0 bridgehead atoms. The van der Waals surface area contributed by atoms with Gasteiger partial charge in [0.15, 0.2) is 0 Å². The third-order valence-electron chi connectivity index (χ3n) is 2.77. The quantitative estimate of drug-likeness (QED) is 0.686. The summed E-state index contributed by atoms with van der Waals surface area (Å²) in [7, 11) is 1.74. The van der Waals surface area contributed by atoms with Crippen molar-refractivity contribution in [1.29, 1.82) is 0 Å². The summed E-state index contributed by atoms with van der Waals surface area (Å²) in [5.74, 6) is 0.346. The fourth-order valence-corrected chi connectivity index (χ4v) is 1.70. The number of ether oxygens (including phenoxy) is 1. The average molecular weight is 212 g/mol. The molecule has 2 atom stereocenters. The predicted molar refractivity (Wildman–Crippen MR) is 64.9 cm³/mol. The zero-order valence-electron chi connectivity index (χ0n) is 10.6. The molecular formula is C13H24O2. The van der Waals surface area contributed by atoms with Gasteiger partial charge < -0.3 is 9.84 Å². The molecule has 1 N–H and O–H groups in total. The molecule has 0 aromatic rings. The minimum Gasteiger partial charge on any atom is -0.392 e. The van der Waals surface area contributed by atoms with Gasteiger partial charge in [0, 0.05) is 13.0 Å². The molecule has 0 aromatic carbocycles. The Morgan fingerprint density at radius 3 is 2.33 bits per heavy atom. The highest BCUT2D eigenvalue weighted by Crippen LogP contribution is 2.21. The van der Waals surface area contributed by atoms with Crippen LogP contribution in [0.3, 0.4) is 0 Å². The van der Waals surface area contributed by atoms with Crippen molar-refractivity contribution in [2.24, 2.45) is 5.92 Å². The summed E-state index contributed by atoms with van der Waals surface area (Å²) in [4.78, 5) is 0. The minimum absolute atomic E-state index is 0.126. The third-order valence-corrected chi connectivity index (χ3v) is 2.77. The molecular weight excluding hydrogens is 188 g/mol. The summed E-state index contributed by atoms with van der Waals surface area (Å²) in [6.07, 6.45) is 5.34. The standard InChI is InChI=1S/C13H24O2/c1-6-11(4)13(15-5)12(7-2)8-10(3)9-14/h6,8,12-14H,7,9H2,1-5H3/b10-8+,11-6+/t12-,13-/m0/s1. The average Bonchev–Trinajstić information content (AvgIpc) is 2.27. The maximum Gasteiger partial charge on any atom is 0.0840 e. The highest BCUT2D eigenvalue weighted by molar-refractivity contribution is 5.12. The highest BCUT2D eigenvalue weighted by atomic mass is 16.5. The Labute approximate surface area is 93.6 Å². The molecule has 0 saturated heterocycles. The first kappa shape index (κ1) is 14.4. The summed E-state index contributed by atoms with van der Waals surface area (Å²) in [5, 5.41) is 9.01. The van der Waals surface area contributed by atoms with E-state index in [4.69, 9.17) is 9.84 Å². The van der Waals surface area contributed by atoms with Crippen molar-refractivity contribution in [2.45, 2.75) is 40.2 Å². The SMILES string of the molecule is C/C=C(\C)[C@H](OC)[C@H](/C=C(\C)CO)CC. The lowest BCUT2D eigenvalue weighted by Gasteiger charge is -2.24. The zero-order chi connectivity index (χ0) is 11.8. The van der Waals surface area contributed by atoms with Gasteiger partial charge in [-0.25, -0.2) is 0 Å². The minimum atomic E-state index is 0.126. The number of allylic oxidation sites excluding steroid dienone is 1. The van der Waals surface area contributed by atoms with Gasteiger partial charge in [-0.15, -0.1) is 0 Å². The number of hydrogen-bond donors (Lipinski definition) is 1. The number of hydrogen-bond acceptors (Lipinski definition) is 2. The van der Waals surface area contributed by atoms with Crippen molar-refractivity contribution in [3.8, 4) is 0 Å². The molecule has 2 nitrogen and oxygen atoms in total. The third kappa shape index (κ3) is 4.63. The molecule has 15 heavy (non-hydrogen) atoms. The van der Waals surface area contributed by atoms with Crippen LogP contribution in [0.15, 0.2) is 23.3 Å². The molecule has 0 aliphatic carbocycles. The van der Waals surface area contributed by atoms with Crippen LogP contribution >= 0.6 is 0 Å². The molecule has 0 amide bonds. The first-order chi connectivity index (χ1) is 7.10. The zero-order valence-corrected chi connectivity index (χ0v) is 10.6. The Morgan fingerprint density at radius 2 is 2.00 bits per heavy atom. The van der Waals surface area contributed by atoms with Crippen molar-refractivity contribution < 1.29 is 9.84 Å². The maximum absolute atomic E-state index is 9.01. The first-order valence-electron chi connectivity index (χ1n) is 5.54. The van der Waals surface area contributed by atoms with E-state index in [1.54, 1.807) is 7.11 Å². The maximum atomic E-state index is 9.01. The van der Waals surface area contributed by atoms with Gasteiger partial charge in [0.25, 0.3) is 0 Å².